The van der Waals surface area contributed by atoms with E-state index in [9.17, 15) is 9.59 Å². The van der Waals surface area contributed by atoms with Crippen LogP contribution in [0.3, 0.4) is 0 Å². The molecule has 5 nitrogen and oxygen atoms in total. The fourth-order valence-corrected chi connectivity index (χ4v) is 2.44. The molecule has 106 valence electrons. The Morgan fingerprint density at radius 1 is 1.14 bits per heavy atom. The highest BCUT2D eigenvalue weighted by Gasteiger charge is 2.13. The number of benzene rings is 2. The van der Waals surface area contributed by atoms with Crippen molar-refractivity contribution in [1.29, 1.82) is 0 Å². The number of H-pyrrole nitrogens is 1. The van der Waals surface area contributed by atoms with Gasteiger partial charge in [-0.15, -0.1) is 0 Å². The number of halogens is 1. The first-order valence-electron chi connectivity index (χ1n) is 6.20. The van der Waals surface area contributed by atoms with E-state index in [1.54, 1.807) is 42.5 Å². The second-order valence-electron chi connectivity index (χ2n) is 4.43. The molecule has 0 saturated carbocycles. The van der Waals surface area contributed by atoms with Gasteiger partial charge in [0.1, 0.15) is 11.1 Å². The molecule has 0 aliphatic carbocycles. The van der Waals surface area contributed by atoms with Crippen molar-refractivity contribution in [3.63, 3.8) is 0 Å². The van der Waals surface area contributed by atoms with Gasteiger partial charge >= 0.3 is 5.69 Å². The van der Waals surface area contributed by atoms with E-state index in [1.807, 2.05) is 0 Å². The largest absolute Gasteiger partial charge is 0.496 e. The number of rotatable bonds is 2. The maximum absolute atomic E-state index is 12.7. The molecule has 0 atom stereocenters. The highest BCUT2D eigenvalue weighted by Crippen LogP contribution is 2.20. The van der Waals surface area contributed by atoms with Crippen LogP contribution in [0.4, 0.5) is 0 Å². The van der Waals surface area contributed by atoms with Crippen LogP contribution < -0.4 is 16.0 Å². The van der Waals surface area contributed by atoms with E-state index in [4.69, 9.17) is 16.3 Å². The van der Waals surface area contributed by atoms with Gasteiger partial charge < -0.3 is 9.72 Å². The van der Waals surface area contributed by atoms with Gasteiger partial charge in [0, 0.05) is 5.02 Å². The van der Waals surface area contributed by atoms with Crippen LogP contribution >= 0.6 is 11.6 Å². The molecule has 2 aromatic carbocycles. The van der Waals surface area contributed by atoms with Gasteiger partial charge in [-0.2, -0.15) is 0 Å². The van der Waals surface area contributed by atoms with Gasteiger partial charge in [-0.1, -0.05) is 23.7 Å². The van der Waals surface area contributed by atoms with Gasteiger partial charge in [-0.05, 0) is 30.3 Å². The quantitative estimate of drug-likeness (QED) is 0.790. The molecule has 0 bridgehead atoms. The number of hydrogen-bond acceptors (Lipinski definition) is 3. The lowest BCUT2D eigenvalue weighted by Crippen LogP contribution is -2.33. The molecule has 1 heterocycles. The zero-order chi connectivity index (χ0) is 15.0. The molecule has 6 heteroatoms. The van der Waals surface area contributed by atoms with Gasteiger partial charge in [0.05, 0.1) is 18.3 Å². The van der Waals surface area contributed by atoms with E-state index in [1.165, 1.54) is 7.11 Å². The van der Waals surface area contributed by atoms with Crippen molar-refractivity contribution >= 4 is 22.5 Å². The van der Waals surface area contributed by atoms with Crippen molar-refractivity contribution in [3.05, 3.63) is 68.3 Å². The third-order valence-electron chi connectivity index (χ3n) is 3.17. The summed E-state index contributed by atoms with van der Waals surface area (Å²) in [5.41, 5.74) is -0.138. The highest BCUT2D eigenvalue weighted by atomic mass is 35.5. The summed E-state index contributed by atoms with van der Waals surface area (Å²) >= 11 is 5.92. The van der Waals surface area contributed by atoms with Crippen molar-refractivity contribution in [2.45, 2.75) is 0 Å². The monoisotopic (exact) mass is 302 g/mol. The van der Waals surface area contributed by atoms with E-state index in [2.05, 4.69) is 4.98 Å². The van der Waals surface area contributed by atoms with E-state index < -0.39 is 11.2 Å². The highest BCUT2D eigenvalue weighted by molar-refractivity contribution is 6.30. The summed E-state index contributed by atoms with van der Waals surface area (Å²) in [6.45, 7) is 0. The van der Waals surface area contributed by atoms with E-state index in [0.29, 0.717) is 27.4 Å². The molecule has 1 aromatic heterocycles. The first-order valence-corrected chi connectivity index (χ1v) is 6.57. The summed E-state index contributed by atoms with van der Waals surface area (Å²) in [5, 5.41) is 0.762. The van der Waals surface area contributed by atoms with Crippen molar-refractivity contribution in [1.82, 2.24) is 9.55 Å². The average molecular weight is 303 g/mol. The smallest absolute Gasteiger partial charge is 0.333 e. The second kappa shape index (κ2) is 5.10. The average Bonchev–Trinajstić information content (AvgIpc) is 2.46. The minimum absolute atomic E-state index is 0.319. The third kappa shape index (κ3) is 2.21. The molecular weight excluding hydrogens is 292 g/mol. The molecule has 0 amide bonds. The van der Waals surface area contributed by atoms with Gasteiger partial charge in [-0.25, -0.2) is 9.36 Å². The fourth-order valence-electron chi connectivity index (χ4n) is 2.25. The van der Waals surface area contributed by atoms with Gasteiger partial charge in [0.2, 0.25) is 0 Å². The molecule has 0 aliphatic rings. The Balaban J connectivity index is 2.45. The van der Waals surface area contributed by atoms with E-state index in [-0.39, 0.29) is 0 Å². The Morgan fingerprint density at radius 3 is 2.62 bits per heavy atom. The number of nitrogens with zero attached hydrogens (tertiary/aromatic N) is 1. The maximum Gasteiger partial charge on any atom is 0.333 e. The number of methoxy groups -OCH3 is 1. The van der Waals surface area contributed by atoms with Crippen molar-refractivity contribution in [3.8, 4) is 11.4 Å². The topological polar surface area (TPSA) is 64.1 Å². The Hall–Kier alpha value is -2.53. The maximum atomic E-state index is 12.7. The van der Waals surface area contributed by atoms with Crippen LogP contribution in [0.2, 0.25) is 5.02 Å². The number of hydrogen-bond donors (Lipinski definition) is 1. The predicted molar refractivity (Wildman–Crippen MR) is 81.7 cm³/mol. The van der Waals surface area contributed by atoms with Crippen LogP contribution in [0.15, 0.2) is 52.1 Å². The fraction of sp³-hybridized carbons (Fsp3) is 0.0667. The molecular formula is C15H11ClN2O3. The van der Waals surface area contributed by atoms with Gasteiger partial charge in [0.25, 0.3) is 5.56 Å². The number of ether oxygens (including phenoxy) is 1. The molecule has 0 saturated heterocycles. The van der Waals surface area contributed by atoms with Crippen LogP contribution in [0.1, 0.15) is 0 Å². The molecule has 1 N–H and O–H groups in total. The first kappa shape index (κ1) is 13.5. The number of nitrogens with one attached hydrogen (secondary N) is 1. The molecule has 0 spiro atoms. The molecule has 3 aromatic rings. The SMILES string of the molecule is COc1cccc2[nH]c(=O)n(-c3cccc(Cl)c3)c(=O)c12. The lowest BCUT2D eigenvalue weighted by molar-refractivity contribution is 0.419. The lowest BCUT2D eigenvalue weighted by atomic mass is 10.2. The summed E-state index contributed by atoms with van der Waals surface area (Å²) in [6, 6.07) is 11.6. The zero-order valence-electron chi connectivity index (χ0n) is 11.1. The van der Waals surface area contributed by atoms with Gasteiger partial charge in [0.15, 0.2) is 0 Å². The van der Waals surface area contributed by atoms with Crippen molar-refractivity contribution < 1.29 is 4.74 Å². The Labute approximate surface area is 124 Å². The second-order valence-corrected chi connectivity index (χ2v) is 4.87. The summed E-state index contributed by atoms with van der Waals surface area (Å²) in [5.74, 6) is 0.407. The minimum atomic E-state index is -0.525. The predicted octanol–water partition coefficient (Wildman–Crippen LogP) is 2.34. The van der Waals surface area contributed by atoms with Crippen LogP contribution in [-0.2, 0) is 0 Å². The standard InChI is InChI=1S/C15H11ClN2O3/c1-21-12-7-3-6-11-13(12)14(19)18(15(20)17-11)10-5-2-4-9(16)8-10/h2-8H,1H3,(H,17,20). The normalized spacial score (nSPS) is 10.8. The third-order valence-corrected chi connectivity index (χ3v) is 3.41. The lowest BCUT2D eigenvalue weighted by Gasteiger charge is -2.09. The van der Waals surface area contributed by atoms with Crippen LogP contribution in [0.5, 0.6) is 5.75 Å². The molecule has 0 aliphatic heterocycles. The molecule has 0 fully saturated rings. The Kier molecular flexibility index (Phi) is 3.27. The van der Waals surface area contributed by atoms with E-state index in [0.717, 1.165) is 4.57 Å². The number of fused-ring (bicyclic) bond motifs is 1. The minimum Gasteiger partial charge on any atom is -0.496 e. The molecule has 0 radical (unpaired) electrons. The molecule has 21 heavy (non-hydrogen) atoms. The van der Waals surface area contributed by atoms with Crippen molar-refractivity contribution in [2.75, 3.05) is 7.11 Å². The summed E-state index contributed by atoms with van der Waals surface area (Å²) in [7, 11) is 1.48. The van der Waals surface area contributed by atoms with E-state index >= 15 is 0 Å². The summed E-state index contributed by atoms with van der Waals surface area (Å²) in [4.78, 5) is 27.5. The number of aromatic nitrogens is 2. The Morgan fingerprint density at radius 2 is 1.90 bits per heavy atom. The van der Waals surface area contributed by atoms with Crippen molar-refractivity contribution in [2.24, 2.45) is 0 Å². The molecule has 3 rings (SSSR count). The summed E-state index contributed by atoms with van der Waals surface area (Å²) in [6.07, 6.45) is 0. The molecule has 0 unspecified atom stereocenters. The summed E-state index contributed by atoms with van der Waals surface area (Å²) < 4.78 is 6.24. The zero-order valence-corrected chi connectivity index (χ0v) is 11.8. The van der Waals surface area contributed by atoms with Crippen LogP contribution in [-0.4, -0.2) is 16.7 Å². The Bertz CT molecular complexity index is 944. The van der Waals surface area contributed by atoms with Crippen LogP contribution in [0.25, 0.3) is 16.6 Å². The van der Waals surface area contributed by atoms with Crippen LogP contribution in [0, 0.1) is 0 Å². The van der Waals surface area contributed by atoms with Gasteiger partial charge in [-0.3, -0.25) is 4.79 Å². The first-order chi connectivity index (χ1) is 10.1. The number of aromatic amines is 1.